The van der Waals surface area contributed by atoms with Gasteiger partial charge in [-0.2, -0.15) is 0 Å². The fraction of sp³-hybridized carbons (Fsp3) is 0.250. The average Bonchev–Trinajstić information content (AvgIpc) is 2.42. The highest BCUT2D eigenvalue weighted by Gasteiger charge is 2.15. The zero-order valence-electron chi connectivity index (χ0n) is 11.4. The van der Waals surface area contributed by atoms with Gasteiger partial charge in [-0.1, -0.05) is 24.3 Å². The van der Waals surface area contributed by atoms with E-state index < -0.39 is 11.9 Å². The monoisotopic (exact) mass is 338 g/mol. The highest BCUT2D eigenvalue weighted by molar-refractivity contribution is 9.10. The Balaban J connectivity index is 2.21. The highest BCUT2D eigenvalue weighted by Crippen LogP contribution is 2.27. The first-order valence-electron chi connectivity index (χ1n) is 6.28. The van der Waals surface area contributed by atoms with Gasteiger partial charge in [0.2, 0.25) is 0 Å². The number of hydrogen-bond donors (Lipinski definition) is 1. The molecule has 20 heavy (non-hydrogen) atoms. The van der Waals surface area contributed by atoms with E-state index >= 15 is 0 Å². The molecule has 0 saturated heterocycles. The first kappa shape index (κ1) is 15.0. The number of benzene rings is 2. The minimum Gasteiger partial charge on any atom is -0.496 e. The van der Waals surface area contributed by atoms with Crippen LogP contribution in [-0.4, -0.2) is 12.2 Å². The van der Waals surface area contributed by atoms with E-state index in [1.807, 2.05) is 25.1 Å². The van der Waals surface area contributed by atoms with Gasteiger partial charge >= 0.3 is 0 Å². The van der Waals surface area contributed by atoms with Crippen LogP contribution in [0.2, 0.25) is 0 Å². The van der Waals surface area contributed by atoms with Crippen LogP contribution in [0, 0.1) is 12.7 Å². The Morgan fingerprint density at radius 1 is 1.30 bits per heavy atom. The molecule has 1 atom stereocenters. The second-order valence-electron chi connectivity index (χ2n) is 4.67. The van der Waals surface area contributed by atoms with Crippen LogP contribution in [0.3, 0.4) is 0 Å². The third-order valence-corrected chi connectivity index (χ3v) is 3.84. The smallest absolute Gasteiger partial charge is 0.143 e. The Labute approximate surface area is 126 Å². The van der Waals surface area contributed by atoms with Gasteiger partial charge in [0.1, 0.15) is 11.6 Å². The first-order chi connectivity index (χ1) is 9.52. The van der Waals surface area contributed by atoms with E-state index in [2.05, 4.69) is 15.9 Å². The number of aliphatic hydroxyl groups excluding tert-OH is 1. The summed E-state index contributed by atoms with van der Waals surface area (Å²) in [5.41, 5.74) is 2.23. The van der Waals surface area contributed by atoms with Gasteiger partial charge in [-0.3, -0.25) is 0 Å². The molecule has 0 radical (unpaired) electrons. The lowest BCUT2D eigenvalue weighted by Gasteiger charge is -2.14. The van der Waals surface area contributed by atoms with Crippen molar-refractivity contribution in [2.45, 2.75) is 19.4 Å². The summed E-state index contributed by atoms with van der Waals surface area (Å²) in [5, 5.41) is 10.2. The van der Waals surface area contributed by atoms with Crippen LogP contribution in [0.1, 0.15) is 22.8 Å². The Morgan fingerprint density at radius 3 is 2.70 bits per heavy atom. The molecule has 0 fully saturated rings. The van der Waals surface area contributed by atoms with Crippen molar-refractivity contribution in [2.75, 3.05) is 7.11 Å². The SMILES string of the molecule is COc1ccc(CC(O)c2cccc(Br)c2F)cc1C. The molecular weight excluding hydrogens is 323 g/mol. The molecule has 2 rings (SSSR count). The second-order valence-corrected chi connectivity index (χ2v) is 5.52. The highest BCUT2D eigenvalue weighted by atomic mass is 79.9. The third kappa shape index (κ3) is 3.19. The van der Waals surface area contributed by atoms with E-state index in [-0.39, 0.29) is 0 Å². The second kappa shape index (κ2) is 6.37. The lowest BCUT2D eigenvalue weighted by atomic mass is 9.99. The Morgan fingerprint density at radius 2 is 2.05 bits per heavy atom. The van der Waals surface area contributed by atoms with Crippen LogP contribution in [0.15, 0.2) is 40.9 Å². The molecular formula is C16H16BrFO2. The predicted octanol–water partition coefficient (Wildman–Crippen LogP) is 4.18. The zero-order chi connectivity index (χ0) is 14.7. The number of ether oxygens (including phenoxy) is 1. The topological polar surface area (TPSA) is 29.5 Å². The van der Waals surface area contributed by atoms with Crippen molar-refractivity contribution in [3.63, 3.8) is 0 Å². The lowest BCUT2D eigenvalue weighted by Crippen LogP contribution is -2.05. The summed E-state index contributed by atoms with van der Waals surface area (Å²) in [4.78, 5) is 0. The van der Waals surface area contributed by atoms with E-state index in [4.69, 9.17) is 4.74 Å². The average molecular weight is 339 g/mol. The van der Waals surface area contributed by atoms with Gasteiger partial charge in [-0.15, -0.1) is 0 Å². The molecule has 0 spiro atoms. The van der Waals surface area contributed by atoms with Crippen molar-refractivity contribution in [3.05, 3.63) is 63.4 Å². The largest absolute Gasteiger partial charge is 0.496 e. The summed E-state index contributed by atoms with van der Waals surface area (Å²) in [6, 6.07) is 10.6. The lowest BCUT2D eigenvalue weighted by molar-refractivity contribution is 0.173. The minimum absolute atomic E-state index is 0.299. The van der Waals surface area contributed by atoms with Crippen LogP contribution in [0.4, 0.5) is 4.39 Å². The molecule has 0 saturated carbocycles. The Bertz CT molecular complexity index is 613. The molecule has 1 N–H and O–H groups in total. The van der Waals surface area contributed by atoms with Gasteiger partial charge in [0.05, 0.1) is 17.7 Å². The van der Waals surface area contributed by atoms with Crippen LogP contribution in [0.5, 0.6) is 5.75 Å². The normalized spacial score (nSPS) is 12.2. The van der Waals surface area contributed by atoms with Crippen molar-refractivity contribution in [2.24, 2.45) is 0 Å². The fourth-order valence-electron chi connectivity index (χ4n) is 2.18. The molecule has 0 aliphatic carbocycles. The predicted molar refractivity (Wildman–Crippen MR) is 80.5 cm³/mol. The number of hydrogen-bond acceptors (Lipinski definition) is 2. The van der Waals surface area contributed by atoms with Crippen molar-refractivity contribution in [1.29, 1.82) is 0 Å². The van der Waals surface area contributed by atoms with Crippen molar-refractivity contribution >= 4 is 15.9 Å². The Hall–Kier alpha value is -1.39. The summed E-state index contributed by atoms with van der Waals surface area (Å²) >= 11 is 3.13. The van der Waals surface area contributed by atoms with Crippen LogP contribution < -0.4 is 4.74 Å². The van der Waals surface area contributed by atoms with Crippen molar-refractivity contribution in [1.82, 2.24) is 0 Å². The maximum absolute atomic E-state index is 13.9. The van der Waals surface area contributed by atoms with Crippen LogP contribution in [0.25, 0.3) is 0 Å². The number of aryl methyl sites for hydroxylation is 1. The van der Waals surface area contributed by atoms with Crippen LogP contribution in [-0.2, 0) is 6.42 Å². The molecule has 0 aliphatic rings. The molecule has 2 nitrogen and oxygen atoms in total. The summed E-state index contributed by atoms with van der Waals surface area (Å²) in [6.07, 6.45) is -0.515. The van der Waals surface area contributed by atoms with E-state index in [0.717, 1.165) is 16.9 Å². The summed E-state index contributed by atoms with van der Waals surface area (Å²) < 4.78 is 19.5. The number of rotatable bonds is 4. The standard InChI is InChI=1S/C16H16BrFO2/c1-10-8-11(6-7-15(10)20-2)9-14(19)12-4-3-5-13(17)16(12)18/h3-8,14,19H,9H2,1-2H3. The molecule has 2 aromatic carbocycles. The fourth-order valence-corrected chi connectivity index (χ4v) is 2.56. The van der Waals surface area contributed by atoms with Gasteiger partial charge in [0.25, 0.3) is 0 Å². The maximum atomic E-state index is 13.9. The summed E-state index contributed by atoms with van der Waals surface area (Å²) in [6.45, 7) is 1.94. The van der Waals surface area contributed by atoms with Crippen molar-refractivity contribution in [3.8, 4) is 5.75 Å². The van der Waals surface area contributed by atoms with Crippen molar-refractivity contribution < 1.29 is 14.2 Å². The van der Waals surface area contributed by atoms with E-state index in [0.29, 0.717) is 16.5 Å². The Kier molecular flexibility index (Phi) is 4.78. The number of methoxy groups -OCH3 is 1. The van der Waals surface area contributed by atoms with Gasteiger partial charge in [0.15, 0.2) is 0 Å². The molecule has 4 heteroatoms. The molecule has 1 unspecified atom stereocenters. The van der Waals surface area contributed by atoms with Crippen LogP contribution >= 0.6 is 15.9 Å². The molecule has 0 aliphatic heterocycles. The molecule has 0 aromatic heterocycles. The molecule has 0 amide bonds. The third-order valence-electron chi connectivity index (χ3n) is 3.23. The van der Waals surface area contributed by atoms with Gasteiger partial charge < -0.3 is 9.84 Å². The summed E-state index contributed by atoms with van der Waals surface area (Å²) in [7, 11) is 1.62. The molecule has 0 heterocycles. The quantitative estimate of drug-likeness (QED) is 0.905. The molecule has 0 bridgehead atoms. The zero-order valence-corrected chi connectivity index (χ0v) is 12.9. The molecule has 106 valence electrons. The first-order valence-corrected chi connectivity index (χ1v) is 7.07. The molecule has 2 aromatic rings. The maximum Gasteiger partial charge on any atom is 0.143 e. The van der Waals surface area contributed by atoms with Gasteiger partial charge in [-0.25, -0.2) is 4.39 Å². The number of halogens is 2. The van der Waals surface area contributed by atoms with Gasteiger partial charge in [-0.05, 0) is 46.1 Å². The summed E-state index contributed by atoms with van der Waals surface area (Å²) in [5.74, 6) is 0.391. The van der Waals surface area contributed by atoms with E-state index in [9.17, 15) is 9.50 Å². The van der Waals surface area contributed by atoms with Gasteiger partial charge in [0, 0.05) is 12.0 Å². The number of aliphatic hydroxyl groups is 1. The van der Waals surface area contributed by atoms with E-state index in [1.165, 1.54) is 0 Å². The van der Waals surface area contributed by atoms with E-state index in [1.54, 1.807) is 25.3 Å². The minimum atomic E-state index is -0.875.